The van der Waals surface area contributed by atoms with Gasteiger partial charge in [0.05, 0.1) is 4.90 Å². The van der Waals surface area contributed by atoms with Gasteiger partial charge in [0.2, 0.25) is 16.0 Å². The summed E-state index contributed by atoms with van der Waals surface area (Å²) in [4.78, 5) is 7.49. The molecule has 3 aromatic rings. The first-order valence-corrected chi connectivity index (χ1v) is 10.3. The highest BCUT2D eigenvalue weighted by molar-refractivity contribution is 7.89. The molecule has 8 nitrogen and oxygen atoms in total. The van der Waals surface area contributed by atoms with Gasteiger partial charge in [-0.25, -0.2) is 22.9 Å². The Hall–Kier alpha value is -3.08. The molecule has 2 aromatic carbocycles. The van der Waals surface area contributed by atoms with Crippen LogP contribution in [0.2, 0.25) is 0 Å². The van der Waals surface area contributed by atoms with Gasteiger partial charge in [0.1, 0.15) is 5.69 Å². The molecule has 0 radical (unpaired) electrons. The molecular weight excluding hydrogens is 397 g/mol. The summed E-state index contributed by atoms with van der Waals surface area (Å²) in [7, 11) is -4.10. The zero-order chi connectivity index (χ0) is 21.0. The number of halogens is 1. The van der Waals surface area contributed by atoms with Crippen LogP contribution in [-0.2, 0) is 16.4 Å². The van der Waals surface area contributed by atoms with E-state index in [0.717, 1.165) is 12.0 Å². The molecule has 152 valence electrons. The molecule has 0 atom stereocenters. The maximum atomic E-state index is 15.1. The summed E-state index contributed by atoms with van der Waals surface area (Å²) >= 11 is 0. The summed E-state index contributed by atoms with van der Waals surface area (Å²) in [5.41, 5.74) is 7.02. The Labute approximate surface area is 167 Å². The molecule has 0 aliphatic heterocycles. The summed E-state index contributed by atoms with van der Waals surface area (Å²) in [6, 6.07) is 12.8. The second-order valence-corrected chi connectivity index (χ2v) is 7.81. The van der Waals surface area contributed by atoms with Gasteiger partial charge in [-0.05, 0) is 36.6 Å². The summed E-state index contributed by atoms with van der Waals surface area (Å²) in [5, 5.41) is 17.0. The van der Waals surface area contributed by atoms with Crippen molar-refractivity contribution in [1.82, 2.24) is 9.97 Å². The molecule has 6 N–H and O–H groups in total. The number of aliphatic hydroxyl groups is 1. The van der Waals surface area contributed by atoms with Crippen molar-refractivity contribution in [3.05, 3.63) is 59.9 Å². The Balaban J connectivity index is 1.99. The minimum Gasteiger partial charge on any atom is -0.396 e. The van der Waals surface area contributed by atoms with Crippen LogP contribution in [0.4, 0.5) is 21.8 Å². The molecule has 0 unspecified atom stereocenters. The van der Waals surface area contributed by atoms with Crippen LogP contribution >= 0.6 is 0 Å². The number of primary sulfonamides is 1. The largest absolute Gasteiger partial charge is 0.396 e. The number of sulfonamides is 1. The van der Waals surface area contributed by atoms with Crippen molar-refractivity contribution < 1.29 is 17.9 Å². The standard InChI is InChI=1S/C19H20FN5O3S/c20-16-17(14-5-1-2-6-15(14)29(22,27)28)24-19(21)25-18(16)23-13-9-7-12(8-10-13)4-3-11-26/h1-2,5-10,26H,3-4,11H2,(H2,22,27,28)(H3,21,23,24,25). The number of hydrogen-bond acceptors (Lipinski definition) is 7. The molecule has 0 amide bonds. The SMILES string of the molecule is Nc1nc(Nc2ccc(CCCO)cc2)c(F)c(-c2ccccc2S(N)(=O)=O)n1. The summed E-state index contributed by atoms with van der Waals surface area (Å²) in [6.45, 7) is 0.105. The number of benzene rings is 2. The number of aliphatic hydroxyl groups excluding tert-OH is 1. The van der Waals surface area contributed by atoms with Gasteiger partial charge in [-0.3, -0.25) is 0 Å². The van der Waals surface area contributed by atoms with Crippen molar-refractivity contribution in [3.63, 3.8) is 0 Å². The maximum absolute atomic E-state index is 15.1. The molecule has 0 spiro atoms. The molecule has 0 saturated heterocycles. The first-order chi connectivity index (χ1) is 13.8. The van der Waals surface area contributed by atoms with Crippen molar-refractivity contribution >= 4 is 27.5 Å². The zero-order valence-electron chi connectivity index (χ0n) is 15.3. The van der Waals surface area contributed by atoms with E-state index in [9.17, 15) is 8.42 Å². The van der Waals surface area contributed by atoms with E-state index in [4.69, 9.17) is 16.0 Å². The molecule has 0 fully saturated rings. The molecule has 1 heterocycles. The average Bonchev–Trinajstić information content (AvgIpc) is 2.69. The van der Waals surface area contributed by atoms with Gasteiger partial charge in [0.15, 0.2) is 11.6 Å². The van der Waals surface area contributed by atoms with Gasteiger partial charge >= 0.3 is 0 Å². The van der Waals surface area contributed by atoms with Crippen LogP contribution in [0.5, 0.6) is 0 Å². The summed E-state index contributed by atoms with van der Waals surface area (Å²) < 4.78 is 38.8. The van der Waals surface area contributed by atoms with Crippen LogP contribution in [0.15, 0.2) is 53.4 Å². The molecule has 3 rings (SSSR count). The normalized spacial score (nSPS) is 11.4. The third kappa shape index (κ3) is 4.86. The zero-order valence-corrected chi connectivity index (χ0v) is 16.2. The van der Waals surface area contributed by atoms with Gasteiger partial charge in [-0.15, -0.1) is 0 Å². The topological polar surface area (TPSA) is 144 Å². The number of nitrogens with one attached hydrogen (secondary N) is 1. The molecule has 10 heteroatoms. The van der Waals surface area contributed by atoms with Crippen LogP contribution in [0, 0.1) is 5.82 Å². The average molecular weight is 417 g/mol. The molecule has 0 aliphatic carbocycles. The highest BCUT2D eigenvalue weighted by Gasteiger charge is 2.22. The van der Waals surface area contributed by atoms with Crippen LogP contribution in [0.3, 0.4) is 0 Å². The van der Waals surface area contributed by atoms with E-state index in [0.29, 0.717) is 12.1 Å². The number of nitrogens with two attached hydrogens (primary N) is 2. The molecule has 0 aliphatic rings. The third-order valence-electron chi connectivity index (χ3n) is 4.16. The Bertz CT molecular complexity index is 1120. The Kier molecular flexibility index (Phi) is 6.06. The number of aryl methyl sites for hydroxylation is 1. The van der Waals surface area contributed by atoms with Crippen LogP contribution < -0.4 is 16.2 Å². The van der Waals surface area contributed by atoms with E-state index < -0.39 is 15.8 Å². The minimum absolute atomic E-state index is 0.0102. The minimum atomic E-state index is -4.10. The van der Waals surface area contributed by atoms with E-state index >= 15 is 4.39 Å². The monoisotopic (exact) mass is 417 g/mol. The fourth-order valence-electron chi connectivity index (χ4n) is 2.81. The number of anilines is 3. The second-order valence-electron chi connectivity index (χ2n) is 6.28. The second kappa shape index (κ2) is 8.52. The highest BCUT2D eigenvalue weighted by atomic mass is 32.2. The Morgan fingerprint density at radius 1 is 1.07 bits per heavy atom. The lowest BCUT2D eigenvalue weighted by molar-refractivity contribution is 0.288. The first-order valence-electron chi connectivity index (χ1n) is 8.71. The van der Waals surface area contributed by atoms with Crippen LogP contribution in [0.25, 0.3) is 11.3 Å². The number of nitrogens with zero attached hydrogens (tertiary/aromatic N) is 2. The number of nitrogen functional groups attached to an aromatic ring is 1. The van der Waals surface area contributed by atoms with Gasteiger partial charge < -0.3 is 16.2 Å². The van der Waals surface area contributed by atoms with Crippen molar-refractivity contribution in [2.45, 2.75) is 17.7 Å². The number of aromatic nitrogens is 2. The quantitative estimate of drug-likeness (QED) is 0.461. The summed E-state index contributed by atoms with van der Waals surface area (Å²) in [5.74, 6) is -1.29. The van der Waals surface area contributed by atoms with E-state index in [1.165, 1.54) is 18.2 Å². The van der Waals surface area contributed by atoms with E-state index in [-0.39, 0.29) is 34.5 Å². The first kappa shape index (κ1) is 20.6. The van der Waals surface area contributed by atoms with E-state index in [1.807, 2.05) is 12.1 Å². The number of hydrogen-bond donors (Lipinski definition) is 4. The van der Waals surface area contributed by atoms with E-state index in [2.05, 4.69) is 15.3 Å². The third-order valence-corrected chi connectivity index (χ3v) is 5.13. The molecule has 29 heavy (non-hydrogen) atoms. The highest BCUT2D eigenvalue weighted by Crippen LogP contribution is 2.31. The van der Waals surface area contributed by atoms with Crippen LogP contribution in [0.1, 0.15) is 12.0 Å². The molecular formula is C19H20FN5O3S. The Morgan fingerprint density at radius 3 is 2.41 bits per heavy atom. The van der Waals surface area contributed by atoms with Crippen LogP contribution in [-0.4, -0.2) is 30.1 Å². The van der Waals surface area contributed by atoms with Crippen molar-refractivity contribution in [2.75, 3.05) is 17.7 Å². The van der Waals surface area contributed by atoms with Gasteiger partial charge in [0, 0.05) is 17.9 Å². The summed E-state index contributed by atoms with van der Waals surface area (Å²) in [6.07, 6.45) is 1.37. The predicted molar refractivity (Wildman–Crippen MR) is 108 cm³/mol. The van der Waals surface area contributed by atoms with Gasteiger partial charge in [-0.2, -0.15) is 4.98 Å². The van der Waals surface area contributed by atoms with Gasteiger partial charge in [0.25, 0.3) is 0 Å². The lowest BCUT2D eigenvalue weighted by atomic mass is 10.1. The lowest BCUT2D eigenvalue weighted by Gasteiger charge is -2.13. The molecule has 0 bridgehead atoms. The Morgan fingerprint density at radius 2 is 1.76 bits per heavy atom. The smallest absolute Gasteiger partial charge is 0.238 e. The van der Waals surface area contributed by atoms with Crippen molar-refractivity contribution in [3.8, 4) is 11.3 Å². The number of rotatable bonds is 7. The molecule has 1 aromatic heterocycles. The fourth-order valence-corrected chi connectivity index (χ4v) is 3.55. The van der Waals surface area contributed by atoms with Gasteiger partial charge in [-0.1, -0.05) is 30.3 Å². The predicted octanol–water partition coefficient (Wildman–Crippen LogP) is 2.18. The lowest BCUT2D eigenvalue weighted by Crippen LogP contribution is -2.14. The van der Waals surface area contributed by atoms with E-state index in [1.54, 1.807) is 18.2 Å². The van der Waals surface area contributed by atoms with Crippen molar-refractivity contribution in [1.29, 1.82) is 0 Å². The molecule has 0 saturated carbocycles. The van der Waals surface area contributed by atoms with Crippen molar-refractivity contribution in [2.24, 2.45) is 5.14 Å². The fraction of sp³-hybridized carbons (Fsp3) is 0.158. The maximum Gasteiger partial charge on any atom is 0.238 e.